The van der Waals surface area contributed by atoms with Gasteiger partial charge in [-0.2, -0.15) is 5.10 Å². The minimum Gasteiger partial charge on any atom is -0.265 e. The van der Waals surface area contributed by atoms with E-state index >= 15 is 0 Å². The van der Waals surface area contributed by atoms with Crippen molar-refractivity contribution in [2.75, 3.05) is 0 Å². The van der Waals surface area contributed by atoms with Gasteiger partial charge in [0.2, 0.25) is 0 Å². The van der Waals surface area contributed by atoms with E-state index in [-0.39, 0.29) is 5.69 Å². The topological polar surface area (TPSA) is 80.4 Å². The monoisotopic (exact) mass is 308 g/mol. The summed E-state index contributed by atoms with van der Waals surface area (Å²) in [5, 5.41) is 10.8. The predicted molar refractivity (Wildman–Crippen MR) is 68.2 cm³/mol. The van der Waals surface area contributed by atoms with Crippen LogP contribution in [0.3, 0.4) is 0 Å². The van der Waals surface area contributed by atoms with E-state index in [2.05, 4.69) is 41.4 Å². The Bertz CT molecular complexity index is 594. The van der Waals surface area contributed by atoms with E-state index < -0.39 is 5.91 Å². The van der Waals surface area contributed by atoms with Crippen LogP contribution in [0.2, 0.25) is 0 Å². The molecule has 18 heavy (non-hydrogen) atoms. The molecule has 1 aromatic heterocycles. The SMILES string of the molecule is Cc1nonc1C(=O)N/N=C\c1cccc(Br)c1. The fourth-order valence-corrected chi connectivity index (χ4v) is 1.66. The Morgan fingerprint density at radius 1 is 1.50 bits per heavy atom. The first-order chi connectivity index (χ1) is 8.66. The largest absolute Gasteiger partial charge is 0.295 e. The number of halogens is 1. The molecule has 0 fully saturated rings. The molecule has 1 amide bonds. The van der Waals surface area contributed by atoms with Crippen molar-refractivity contribution in [2.24, 2.45) is 5.10 Å². The molecule has 0 unspecified atom stereocenters. The summed E-state index contributed by atoms with van der Waals surface area (Å²) in [6.45, 7) is 1.63. The maximum Gasteiger partial charge on any atom is 0.295 e. The Morgan fingerprint density at radius 3 is 3.00 bits per heavy atom. The molecular formula is C11H9BrN4O2. The third-order valence-electron chi connectivity index (χ3n) is 2.10. The lowest BCUT2D eigenvalue weighted by Crippen LogP contribution is -2.19. The molecule has 2 aromatic rings. The van der Waals surface area contributed by atoms with Crippen molar-refractivity contribution in [1.82, 2.24) is 15.7 Å². The second kappa shape index (κ2) is 5.54. The maximum absolute atomic E-state index is 11.6. The van der Waals surface area contributed by atoms with Crippen LogP contribution in [0.4, 0.5) is 0 Å². The first-order valence-electron chi connectivity index (χ1n) is 5.05. The minimum absolute atomic E-state index is 0.126. The quantitative estimate of drug-likeness (QED) is 0.693. The average molecular weight is 309 g/mol. The van der Waals surface area contributed by atoms with Crippen molar-refractivity contribution in [3.63, 3.8) is 0 Å². The standard InChI is InChI=1S/C11H9BrN4O2/c1-7-10(16-18-15-7)11(17)14-13-6-8-3-2-4-9(12)5-8/h2-6H,1H3,(H,14,17)/b13-6-. The number of amides is 1. The van der Waals surface area contributed by atoms with Crippen LogP contribution < -0.4 is 5.43 Å². The van der Waals surface area contributed by atoms with Crippen LogP contribution in [0.15, 0.2) is 38.5 Å². The highest BCUT2D eigenvalue weighted by molar-refractivity contribution is 9.10. The van der Waals surface area contributed by atoms with Crippen molar-refractivity contribution in [2.45, 2.75) is 6.92 Å². The summed E-state index contributed by atoms with van der Waals surface area (Å²) >= 11 is 3.34. The van der Waals surface area contributed by atoms with Crippen LogP contribution >= 0.6 is 15.9 Å². The maximum atomic E-state index is 11.6. The number of carbonyl (C=O) groups excluding carboxylic acids is 1. The second-order valence-corrected chi connectivity index (χ2v) is 4.37. The van der Waals surface area contributed by atoms with Gasteiger partial charge in [-0.15, -0.1) is 0 Å². The van der Waals surface area contributed by atoms with Crippen LogP contribution in [0.25, 0.3) is 0 Å². The molecule has 1 heterocycles. The zero-order chi connectivity index (χ0) is 13.0. The highest BCUT2D eigenvalue weighted by Gasteiger charge is 2.13. The van der Waals surface area contributed by atoms with Crippen LogP contribution in [0.5, 0.6) is 0 Å². The predicted octanol–water partition coefficient (Wildman–Crippen LogP) is 1.90. The Kier molecular flexibility index (Phi) is 3.83. The van der Waals surface area contributed by atoms with Crippen molar-refractivity contribution in [1.29, 1.82) is 0 Å². The molecule has 0 atom stereocenters. The smallest absolute Gasteiger partial charge is 0.265 e. The van der Waals surface area contributed by atoms with Gasteiger partial charge in [0.1, 0.15) is 5.69 Å². The molecule has 0 saturated carbocycles. The third kappa shape index (κ3) is 3.01. The van der Waals surface area contributed by atoms with Gasteiger partial charge in [0, 0.05) is 4.47 Å². The van der Waals surface area contributed by atoms with E-state index in [1.807, 2.05) is 24.3 Å². The summed E-state index contributed by atoms with van der Waals surface area (Å²) in [6.07, 6.45) is 1.53. The molecule has 0 aliphatic rings. The van der Waals surface area contributed by atoms with Gasteiger partial charge in [-0.3, -0.25) is 4.79 Å². The molecule has 6 nitrogen and oxygen atoms in total. The summed E-state index contributed by atoms with van der Waals surface area (Å²) in [7, 11) is 0. The second-order valence-electron chi connectivity index (χ2n) is 3.45. The van der Waals surface area contributed by atoms with Crippen molar-refractivity contribution >= 4 is 28.1 Å². The molecule has 0 aliphatic carbocycles. The van der Waals surface area contributed by atoms with Crippen molar-refractivity contribution in [3.8, 4) is 0 Å². The molecule has 0 saturated heterocycles. The number of nitrogens with zero attached hydrogens (tertiary/aromatic N) is 3. The van der Waals surface area contributed by atoms with Crippen LogP contribution in [-0.2, 0) is 0 Å². The molecule has 0 bridgehead atoms. The number of hydrogen-bond acceptors (Lipinski definition) is 5. The van der Waals surface area contributed by atoms with Gasteiger partial charge in [-0.25, -0.2) is 10.1 Å². The van der Waals surface area contributed by atoms with Gasteiger partial charge < -0.3 is 0 Å². The van der Waals surface area contributed by atoms with Crippen LogP contribution in [-0.4, -0.2) is 22.4 Å². The van der Waals surface area contributed by atoms with E-state index in [0.717, 1.165) is 10.0 Å². The highest BCUT2D eigenvalue weighted by atomic mass is 79.9. The number of aromatic nitrogens is 2. The van der Waals surface area contributed by atoms with E-state index in [1.54, 1.807) is 6.92 Å². The molecule has 0 radical (unpaired) electrons. The van der Waals surface area contributed by atoms with Gasteiger partial charge in [0.05, 0.1) is 6.21 Å². The van der Waals surface area contributed by atoms with Gasteiger partial charge in [-0.1, -0.05) is 33.2 Å². The zero-order valence-corrected chi connectivity index (χ0v) is 11.0. The number of hydrazone groups is 1. The number of benzene rings is 1. The van der Waals surface area contributed by atoms with Crippen molar-refractivity contribution < 1.29 is 9.42 Å². The highest BCUT2D eigenvalue weighted by Crippen LogP contribution is 2.09. The molecular weight excluding hydrogens is 300 g/mol. The molecule has 7 heteroatoms. The third-order valence-corrected chi connectivity index (χ3v) is 2.59. The summed E-state index contributed by atoms with van der Waals surface area (Å²) in [6, 6.07) is 7.52. The molecule has 0 aliphatic heterocycles. The first-order valence-corrected chi connectivity index (χ1v) is 5.84. The minimum atomic E-state index is -0.458. The number of carbonyl (C=O) groups is 1. The Labute approximate surface area is 111 Å². The summed E-state index contributed by atoms with van der Waals surface area (Å²) in [4.78, 5) is 11.6. The number of rotatable bonds is 3. The summed E-state index contributed by atoms with van der Waals surface area (Å²) in [5.74, 6) is -0.458. The Hall–Kier alpha value is -2.02. The lowest BCUT2D eigenvalue weighted by atomic mass is 10.2. The molecule has 0 spiro atoms. The van der Waals surface area contributed by atoms with Gasteiger partial charge >= 0.3 is 0 Å². The number of hydrogen-bond donors (Lipinski definition) is 1. The van der Waals surface area contributed by atoms with E-state index in [0.29, 0.717) is 5.69 Å². The van der Waals surface area contributed by atoms with Gasteiger partial charge in [0.15, 0.2) is 5.69 Å². The first kappa shape index (κ1) is 12.4. The summed E-state index contributed by atoms with van der Waals surface area (Å²) in [5.41, 5.74) is 3.76. The zero-order valence-electron chi connectivity index (χ0n) is 9.42. The van der Waals surface area contributed by atoms with E-state index in [9.17, 15) is 4.79 Å². The normalized spacial score (nSPS) is 10.8. The molecule has 2 rings (SSSR count). The number of aryl methyl sites for hydroxylation is 1. The Morgan fingerprint density at radius 2 is 2.33 bits per heavy atom. The molecule has 1 aromatic carbocycles. The van der Waals surface area contributed by atoms with Gasteiger partial charge in [-0.05, 0) is 29.8 Å². The van der Waals surface area contributed by atoms with Crippen LogP contribution in [0, 0.1) is 6.92 Å². The lowest BCUT2D eigenvalue weighted by Gasteiger charge is -1.96. The fraction of sp³-hybridized carbons (Fsp3) is 0.0909. The van der Waals surface area contributed by atoms with Crippen LogP contribution in [0.1, 0.15) is 21.7 Å². The molecule has 1 N–H and O–H groups in total. The lowest BCUT2D eigenvalue weighted by molar-refractivity contribution is 0.0945. The number of nitrogens with one attached hydrogen (secondary N) is 1. The van der Waals surface area contributed by atoms with Gasteiger partial charge in [0.25, 0.3) is 5.91 Å². The average Bonchev–Trinajstić information content (AvgIpc) is 2.75. The Balaban J connectivity index is 2.00. The molecule has 92 valence electrons. The van der Waals surface area contributed by atoms with E-state index in [4.69, 9.17) is 0 Å². The fourth-order valence-electron chi connectivity index (χ4n) is 1.24. The summed E-state index contributed by atoms with van der Waals surface area (Å²) < 4.78 is 5.37. The van der Waals surface area contributed by atoms with Crippen molar-refractivity contribution in [3.05, 3.63) is 45.7 Å². The van der Waals surface area contributed by atoms with E-state index in [1.165, 1.54) is 6.21 Å².